The molecule has 0 atom stereocenters. The second-order valence-corrected chi connectivity index (χ2v) is 10.3. The number of fused-ring (bicyclic) bond motifs is 1. The van der Waals surface area contributed by atoms with Gasteiger partial charge in [0.05, 0.1) is 43.5 Å². The topological polar surface area (TPSA) is 120 Å². The van der Waals surface area contributed by atoms with Gasteiger partial charge < -0.3 is 20.1 Å². The highest BCUT2D eigenvalue weighted by molar-refractivity contribution is 6.10. The Morgan fingerprint density at radius 2 is 1.66 bits per heavy atom. The second kappa shape index (κ2) is 11.0. The first kappa shape index (κ1) is 26.5. The third-order valence-corrected chi connectivity index (χ3v) is 7.49. The van der Waals surface area contributed by atoms with Gasteiger partial charge in [-0.15, -0.1) is 0 Å². The summed E-state index contributed by atoms with van der Waals surface area (Å²) >= 11 is 0. The first-order valence-electron chi connectivity index (χ1n) is 13.6. The Labute approximate surface area is 238 Å². The summed E-state index contributed by atoms with van der Waals surface area (Å²) in [6.07, 6.45) is 6.31. The van der Waals surface area contributed by atoms with Crippen molar-refractivity contribution < 1.29 is 14.6 Å². The molecule has 41 heavy (non-hydrogen) atoms. The normalized spacial score (nSPS) is 15.6. The molecule has 0 bridgehead atoms. The van der Waals surface area contributed by atoms with Gasteiger partial charge in [-0.25, -0.2) is 24.6 Å². The lowest BCUT2D eigenvalue weighted by molar-refractivity contribution is 0.145. The zero-order valence-corrected chi connectivity index (χ0v) is 23.3. The number of nitrogens with one attached hydrogen (secondary N) is 1. The molecule has 1 fully saturated rings. The molecular formula is C30H32N8O3. The van der Waals surface area contributed by atoms with E-state index < -0.39 is 0 Å². The number of pyridine rings is 2. The summed E-state index contributed by atoms with van der Waals surface area (Å²) in [4.78, 5) is 38.0. The third kappa shape index (κ3) is 5.23. The predicted molar refractivity (Wildman–Crippen MR) is 157 cm³/mol. The van der Waals surface area contributed by atoms with Crippen LogP contribution >= 0.6 is 0 Å². The van der Waals surface area contributed by atoms with Gasteiger partial charge in [0.2, 0.25) is 5.95 Å². The van der Waals surface area contributed by atoms with Gasteiger partial charge in [0.15, 0.2) is 5.82 Å². The minimum absolute atomic E-state index is 0.235. The van der Waals surface area contributed by atoms with Crippen molar-refractivity contribution in [1.29, 1.82) is 0 Å². The van der Waals surface area contributed by atoms with Crippen LogP contribution in [0.25, 0.3) is 0 Å². The number of hydrogen-bond donors (Lipinski definition) is 2. The van der Waals surface area contributed by atoms with Crippen molar-refractivity contribution in [1.82, 2.24) is 19.9 Å². The number of carbonyl (C=O) groups excluding carboxylic acids is 1. The average Bonchev–Trinajstić information content (AvgIpc) is 2.98. The number of ether oxygens (including phenoxy) is 1. The van der Waals surface area contributed by atoms with E-state index in [2.05, 4.69) is 25.2 Å². The first-order chi connectivity index (χ1) is 19.9. The summed E-state index contributed by atoms with van der Waals surface area (Å²) in [5, 5.41) is 13.0. The van der Waals surface area contributed by atoms with Crippen molar-refractivity contribution in [3.05, 3.63) is 77.7 Å². The van der Waals surface area contributed by atoms with E-state index in [4.69, 9.17) is 9.72 Å². The number of amides is 2. The van der Waals surface area contributed by atoms with Crippen LogP contribution < -0.4 is 24.8 Å². The third-order valence-electron chi connectivity index (χ3n) is 7.49. The molecule has 2 aliphatic heterocycles. The quantitative estimate of drug-likeness (QED) is 0.345. The summed E-state index contributed by atoms with van der Waals surface area (Å²) in [6.45, 7) is 5.87. The van der Waals surface area contributed by atoms with Crippen LogP contribution in [0.15, 0.2) is 61.1 Å². The molecule has 2 aliphatic rings. The predicted octanol–water partition coefficient (Wildman–Crippen LogP) is 4.88. The van der Waals surface area contributed by atoms with E-state index in [1.165, 1.54) is 4.90 Å². The number of rotatable bonds is 6. The lowest BCUT2D eigenvalue weighted by Crippen LogP contribution is -2.46. The molecule has 0 saturated carbocycles. The number of nitrogens with zero attached hydrogens (tertiary/aromatic N) is 7. The van der Waals surface area contributed by atoms with Crippen molar-refractivity contribution in [3.63, 3.8) is 0 Å². The maximum Gasteiger partial charge on any atom is 0.336 e. The Hall–Kier alpha value is -4.77. The number of anilines is 6. The molecule has 5 heterocycles. The molecule has 0 aliphatic carbocycles. The van der Waals surface area contributed by atoms with Gasteiger partial charge in [0, 0.05) is 24.8 Å². The largest absolute Gasteiger partial charge is 0.495 e. The van der Waals surface area contributed by atoms with Crippen LogP contribution in [0.1, 0.15) is 29.5 Å². The Morgan fingerprint density at radius 3 is 2.32 bits per heavy atom. The van der Waals surface area contributed by atoms with E-state index in [-0.39, 0.29) is 12.1 Å². The Kier molecular flexibility index (Phi) is 7.10. The molecule has 11 heteroatoms. The van der Waals surface area contributed by atoms with E-state index in [9.17, 15) is 9.90 Å². The summed E-state index contributed by atoms with van der Waals surface area (Å²) in [6, 6.07) is 13.1. The average molecular weight is 553 g/mol. The van der Waals surface area contributed by atoms with Gasteiger partial charge in [-0.05, 0) is 62.1 Å². The van der Waals surface area contributed by atoms with Crippen molar-refractivity contribution in [3.8, 4) is 5.75 Å². The lowest BCUT2D eigenvalue weighted by atomic mass is 10.1. The number of aliphatic hydroxyl groups is 1. The second-order valence-electron chi connectivity index (χ2n) is 10.3. The van der Waals surface area contributed by atoms with E-state index in [0.29, 0.717) is 29.9 Å². The lowest BCUT2D eigenvalue weighted by Gasteiger charge is -2.36. The molecule has 0 spiro atoms. The number of methoxy groups -OCH3 is 1. The van der Waals surface area contributed by atoms with Crippen LogP contribution in [0, 0.1) is 13.8 Å². The molecule has 0 radical (unpaired) electrons. The van der Waals surface area contributed by atoms with Crippen molar-refractivity contribution in [2.75, 3.05) is 40.2 Å². The van der Waals surface area contributed by atoms with Gasteiger partial charge in [-0.3, -0.25) is 4.90 Å². The molecule has 6 rings (SSSR count). The van der Waals surface area contributed by atoms with E-state index >= 15 is 0 Å². The fourth-order valence-corrected chi connectivity index (χ4v) is 5.32. The van der Waals surface area contributed by atoms with Gasteiger partial charge >= 0.3 is 6.03 Å². The number of hydrogen-bond acceptors (Lipinski definition) is 9. The standard InChI is InChI=1S/C30H32N8O3/c1-19-5-4-6-20(2)27(19)37-18-21-15-33-29(34-22-7-9-25(31-16-22)36-13-11-23(39)12-14-36)35-28(21)38(30(37)40)26-10-8-24(41-3)17-32-26/h4-10,15-17,23,39H,11-14,18H2,1-3H3,(H,33,34,35). The van der Waals surface area contributed by atoms with Crippen molar-refractivity contribution in [2.45, 2.75) is 39.3 Å². The van der Waals surface area contributed by atoms with Crippen LogP contribution in [0.4, 0.5) is 39.6 Å². The number of para-hydroxylation sites is 1. The number of piperidine rings is 1. The fourth-order valence-electron chi connectivity index (χ4n) is 5.32. The Balaban J connectivity index is 1.32. The zero-order chi connectivity index (χ0) is 28.5. The summed E-state index contributed by atoms with van der Waals surface area (Å²) in [5.41, 5.74) is 4.37. The van der Waals surface area contributed by atoms with E-state index in [1.807, 2.05) is 44.2 Å². The Bertz CT molecular complexity index is 1530. The van der Waals surface area contributed by atoms with Gasteiger partial charge in [-0.2, -0.15) is 4.98 Å². The molecule has 4 aromatic rings. The van der Waals surface area contributed by atoms with Gasteiger partial charge in [0.25, 0.3) is 0 Å². The molecule has 210 valence electrons. The number of aryl methyl sites for hydroxylation is 2. The monoisotopic (exact) mass is 552 g/mol. The first-order valence-corrected chi connectivity index (χ1v) is 13.6. The van der Waals surface area contributed by atoms with Crippen LogP contribution in [0.3, 0.4) is 0 Å². The summed E-state index contributed by atoms with van der Waals surface area (Å²) in [7, 11) is 1.57. The summed E-state index contributed by atoms with van der Waals surface area (Å²) in [5.74, 6) is 2.68. The fraction of sp³-hybridized carbons (Fsp3) is 0.300. The van der Waals surface area contributed by atoms with E-state index in [1.54, 1.807) is 42.7 Å². The minimum Gasteiger partial charge on any atom is -0.495 e. The molecule has 11 nitrogen and oxygen atoms in total. The highest BCUT2D eigenvalue weighted by atomic mass is 16.5. The molecule has 1 aromatic carbocycles. The molecule has 2 amide bonds. The van der Waals surface area contributed by atoms with Crippen LogP contribution in [0.5, 0.6) is 5.75 Å². The maximum absolute atomic E-state index is 14.1. The van der Waals surface area contributed by atoms with Crippen LogP contribution in [-0.4, -0.2) is 57.4 Å². The smallest absolute Gasteiger partial charge is 0.336 e. The molecule has 0 unspecified atom stereocenters. The highest BCUT2D eigenvalue weighted by Crippen LogP contribution is 2.38. The minimum atomic E-state index is -0.255. The van der Waals surface area contributed by atoms with Crippen molar-refractivity contribution in [2.24, 2.45) is 0 Å². The van der Waals surface area contributed by atoms with Crippen LogP contribution in [-0.2, 0) is 6.54 Å². The number of aliphatic hydroxyl groups excluding tert-OH is 1. The molecule has 3 aromatic heterocycles. The molecule has 2 N–H and O–H groups in total. The number of urea groups is 1. The van der Waals surface area contributed by atoms with Gasteiger partial charge in [-0.1, -0.05) is 18.2 Å². The maximum atomic E-state index is 14.1. The van der Waals surface area contributed by atoms with Gasteiger partial charge in [0.1, 0.15) is 17.4 Å². The highest BCUT2D eigenvalue weighted by Gasteiger charge is 2.36. The molecular weight excluding hydrogens is 520 g/mol. The Morgan fingerprint density at radius 1 is 0.927 bits per heavy atom. The number of carbonyl (C=O) groups is 1. The SMILES string of the molecule is COc1ccc(N2C(=O)N(c3c(C)cccc3C)Cc3cnc(Nc4ccc(N5CCC(O)CC5)nc4)nc32)nc1. The number of aromatic nitrogens is 4. The van der Waals surface area contributed by atoms with Crippen molar-refractivity contribution >= 4 is 40.8 Å². The van der Waals surface area contributed by atoms with E-state index in [0.717, 1.165) is 59.8 Å². The summed E-state index contributed by atoms with van der Waals surface area (Å²) < 4.78 is 5.28. The van der Waals surface area contributed by atoms with Crippen LogP contribution in [0.2, 0.25) is 0 Å². The number of benzene rings is 1. The zero-order valence-electron chi connectivity index (χ0n) is 23.3. The molecule has 1 saturated heterocycles.